The summed E-state index contributed by atoms with van der Waals surface area (Å²) in [5.41, 5.74) is 0.763. The number of rotatable bonds is 6. The lowest BCUT2D eigenvalue weighted by molar-refractivity contribution is -0.0209. The highest BCUT2D eigenvalue weighted by Crippen LogP contribution is 2.26. The molecular weight excluding hydrogens is 246 g/mol. The van der Waals surface area contributed by atoms with E-state index in [-0.39, 0.29) is 0 Å². The number of nitrogens with zero attached hydrogens (tertiary/aromatic N) is 1. The third kappa shape index (κ3) is 4.92. The quantitative estimate of drug-likeness (QED) is 0.859. The molecule has 2 nitrogen and oxygen atoms in total. The van der Waals surface area contributed by atoms with Crippen molar-refractivity contribution in [2.75, 3.05) is 19.6 Å². The lowest BCUT2D eigenvalue weighted by atomic mass is 9.85. The van der Waals surface area contributed by atoms with Crippen LogP contribution in [0.3, 0.4) is 0 Å². The molecule has 112 valence electrons. The van der Waals surface area contributed by atoms with Gasteiger partial charge in [-0.25, -0.2) is 0 Å². The van der Waals surface area contributed by atoms with E-state index in [1.54, 1.807) is 0 Å². The highest BCUT2D eigenvalue weighted by molar-refractivity contribution is 5.17. The lowest BCUT2D eigenvalue weighted by Crippen LogP contribution is -2.45. The minimum absolute atomic E-state index is 0.490. The monoisotopic (exact) mass is 275 g/mol. The molecule has 0 amide bonds. The highest BCUT2D eigenvalue weighted by Gasteiger charge is 2.32. The molecule has 0 aliphatic carbocycles. The van der Waals surface area contributed by atoms with Crippen LogP contribution in [0.1, 0.15) is 45.1 Å². The summed E-state index contributed by atoms with van der Waals surface area (Å²) in [4.78, 5) is 2.52. The molecule has 1 N–H and O–H groups in total. The van der Waals surface area contributed by atoms with Crippen LogP contribution in [-0.2, 0) is 6.42 Å². The van der Waals surface area contributed by atoms with Crippen LogP contribution in [0.15, 0.2) is 30.3 Å². The Morgan fingerprint density at radius 2 is 1.80 bits per heavy atom. The summed E-state index contributed by atoms with van der Waals surface area (Å²) in [6, 6.07) is 10.4. The van der Waals surface area contributed by atoms with Crippen molar-refractivity contribution in [1.29, 1.82) is 0 Å². The van der Waals surface area contributed by atoms with Crippen molar-refractivity contribution in [1.82, 2.24) is 4.90 Å². The van der Waals surface area contributed by atoms with Gasteiger partial charge in [-0.05, 0) is 43.7 Å². The zero-order valence-electron chi connectivity index (χ0n) is 13.0. The normalized spacial score (nSPS) is 19.4. The minimum atomic E-state index is -0.490. The first-order valence-corrected chi connectivity index (χ1v) is 8.06. The topological polar surface area (TPSA) is 23.5 Å². The van der Waals surface area contributed by atoms with Crippen LogP contribution in [0.5, 0.6) is 0 Å². The molecule has 1 aromatic carbocycles. The summed E-state index contributed by atoms with van der Waals surface area (Å²) >= 11 is 0. The van der Waals surface area contributed by atoms with Gasteiger partial charge in [-0.3, -0.25) is 0 Å². The third-order valence-electron chi connectivity index (χ3n) is 4.42. The van der Waals surface area contributed by atoms with Crippen molar-refractivity contribution in [3.63, 3.8) is 0 Å². The molecule has 1 aliphatic heterocycles. The molecule has 2 heteroatoms. The van der Waals surface area contributed by atoms with Gasteiger partial charge in [0.25, 0.3) is 0 Å². The summed E-state index contributed by atoms with van der Waals surface area (Å²) in [7, 11) is 0. The molecule has 0 unspecified atom stereocenters. The van der Waals surface area contributed by atoms with E-state index in [1.165, 1.54) is 24.9 Å². The van der Waals surface area contributed by atoms with Gasteiger partial charge >= 0.3 is 0 Å². The van der Waals surface area contributed by atoms with Gasteiger partial charge in [0.05, 0.1) is 5.60 Å². The maximum Gasteiger partial charge on any atom is 0.0712 e. The number of piperidine rings is 1. The van der Waals surface area contributed by atoms with Gasteiger partial charge in [0.1, 0.15) is 0 Å². The van der Waals surface area contributed by atoms with E-state index < -0.39 is 5.60 Å². The van der Waals surface area contributed by atoms with E-state index in [4.69, 9.17) is 0 Å². The molecule has 0 atom stereocenters. The fourth-order valence-corrected chi connectivity index (χ4v) is 3.07. The zero-order chi connectivity index (χ0) is 14.4. The third-order valence-corrected chi connectivity index (χ3v) is 4.42. The number of aliphatic hydroxyl groups is 1. The number of hydrogen-bond acceptors (Lipinski definition) is 2. The van der Waals surface area contributed by atoms with Crippen LogP contribution in [0, 0.1) is 5.92 Å². The van der Waals surface area contributed by atoms with Crippen molar-refractivity contribution < 1.29 is 5.11 Å². The average molecular weight is 275 g/mol. The predicted octanol–water partition coefficient (Wildman–Crippen LogP) is 3.49. The van der Waals surface area contributed by atoms with Gasteiger partial charge in [-0.15, -0.1) is 0 Å². The largest absolute Gasteiger partial charge is 0.389 e. The van der Waals surface area contributed by atoms with E-state index in [9.17, 15) is 5.11 Å². The van der Waals surface area contributed by atoms with Crippen LogP contribution in [-0.4, -0.2) is 35.2 Å². The molecule has 0 spiro atoms. The molecule has 20 heavy (non-hydrogen) atoms. The summed E-state index contributed by atoms with van der Waals surface area (Å²) in [5, 5.41) is 10.7. The van der Waals surface area contributed by atoms with Crippen LogP contribution in [0.25, 0.3) is 0 Å². The smallest absolute Gasteiger partial charge is 0.0712 e. The summed E-state index contributed by atoms with van der Waals surface area (Å²) in [6.07, 6.45) is 5.21. The van der Waals surface area contributed by atoms with E-state index in [1.807, 2.05) is 6.07 Å². The summed E-state index contributed by atoms with van der Waals surface area (Å²) in [5.74, 6) is 0.801. The van der Waals surface area contributed by atoms with Crippen molar-refractivity contribution in [2.24, 2.45) is 5.92 Å². The first-order valence-electron chi connectivity index (χ1n) is 8.06. The number of benzene rings is 1. The fraction of sp³-hybridized carbons (Fsp3) is 0.667. The second-order valence-corrected chi connectivity index (χ2v) is 6.76. The van der Waals surface area contributed by atoms with Gasteiger partial charge < -0.3 is 10.0 Å². The Morgan fingerprint density at radius 1 is 1.15 bits per heavy atom. The number of hydrogen-bond donors (Lipinski definition) is 1. The fourth-order valence-electron chi connectivity index (χ4n) is 3.07. The standard InChI is InChI=1S/C18H29NO/c1-16(2)7-6-12-19-13-10-18(20,11-14-19)15-17-8-4-3-5-9-17/h3-5,8-9,16,20H,6-7,10-15H2,1-2H3. The highest BCUT2D eigenvalue weighted by atomic mass is 16.3. The second-order valence-electron chi connectivity index (χ2n) is 6.76. The van der Waals surface area contributed by atoms with Gasteiger partial charge in [-0.2, -0.15) is 0 Å². The van der Waals surface area contributed by atoms with Crippen LogP contribution >= 0.6 is 0 Å². The molecule has 0 aromatic heterocycles. The number of likely N-dealkylation sites (tertiary alicyclic amines) is 1. The maximum atomic E-state index is 10.7. The Labute approximate surface area is 123 Å². The predicted molar refractivity (Wildman–Crippen MR) is 84.8 cm³/mol. The summed E-state index contributed by atoms with van der Waals surface area (Å²) < 4.78 is 0. The minimum Gasteiger partial charge on any atom is -0.389 e. The van der Waals surface area contributed by atoms with E-state index >= 15 is 0 Å². The van der Waals surface area contributed by atoms with E-state index in [0.717, 1.165) is 38.3 Å². The Morgan fingerprint density at radius 3 is 2.40 bits per heavy atom. The SMILES string of the molecule is CC(C)CCCN1CCC(O)(Cc2ccccc2)CC1. The van der Waals surface area contributed by atoms with Crippen molar-refractivity contribution in [3.05, 3.63) is 35.9 Å². The van der Waals surface area contributed by atoms with Crippen molar-refractivity contribution in [2.45, 2.75) is 51.6 Å². The van der Waals surface area contributed by atoms with Crippen molar-refractivity contribution in [3.8, 4) is 0 Å². The van der Waals surface area contributed by atoms with E-state index in [0.29, 0.717) is 0 Å². The molecule has 0 saturated carbocycles. The molecule has 1 saturated heterocycles. The van der Waals surface area contributed by atoms with Gasteiger partial charge in [-0.1, -0.05) is 44.2 Å². The second kappa shape index (κ2) is 7.24. The van der Waals surface area contributed by atoms with Gasteiger partial charge in [0.2, 0.25) is 0 Å². The molecule has 2 rings (SSSR count). The molecule has 0 radical (unpaired) electrons. The summed E-state index contributed by atoms with van der Waals surface area (Å²) in [6.45, 7) is 7.85. The Bertz CT molecular complexity index is 380. The molecule has 1 heterocycles. The van der Waals surface area contributed by atoms with Crippen LogP contribution in [0.4, 0.5) is 0 Å². The van der Waals surface area contributed by atoms with Crippen molar-refractivity contribution >= 4 is 0 Å². The Balaban J connectivity index is 1.75. The molecule has 1 aromatic rings. The Hall–Kier alpha value is -0.860. The van der Waals surface area contributed by atoms with Crippen LogP contribution in [0.2, 0.25) is 0 Å². The van der Waals surface area contributed by atoms with Gasteiger partial charge in [0, 0.05) is 19.5 Å². The zero-order valence-corrected chi connectivity index (χ0v) is 13.0. The molecule has 1 aliphatic rings. The Kier molecular flexibility index (Phi) is 5.62. The van der Waals surface area contributed by atoms with Gasteiger partial charge in [0.15, 0.2) is 0 Å². The maximum absolute atomic E-state index is 10.7. The molecule has 1 fully saturated rings. The lowest BCUT2D eigenvalue weighted by Gasteiger charge is -2.38. The van der Waals surface area contributed by atoms with Crippen LogP contribution < -0.4 is 0 Å². The molecular formula is C18H29NO. The first kappa shape index (κ1) is 15.5. The van der Waals surface area contributed by atoms with E-state index in [2.05, 4.69) is 43.0 Å². The average Bonchev–Trinajstić information content (AvgIpc) is 2.42. The molecule has 0 bridgehead atoms. The first-order chi connectivity index (χ1) is 9.57.